The first-order valence-electron chi connectivity index (χ1n) is 18.2. The summed E-state index contributed by atoms with van der Waals surface area (Å²) in [5, 5.41) is 5.14. The summed E-state index contributed by atoms with van der Waals surface area (Å²) in [4.78, 5) is 0. The third-order valence-corrected chi connectivity index (χ3v) is 9.11. The van der Waals surface area contributed by atoms with Gasteiger partial charge in [-0.05, 0) is 31.0 Å². The minimum atomic E-state index is 0.735. The van der Waals surface area contributed by atoms with Crippen LogP contribution in [0.2, 0.25) is 5.02 Å². The van der Waals surface area contributed by atoms with Crippen LogP contribution in [0.4, 0.5) is 0 Å². The Labute approximate surface area is 269 Å². The Morgan fingerprint density at radius 3 is 1.19 bits per heavy atom. The second-order valence-corrected chi connectivity index (χ2v) is 13.1. The molecule has 0 aliphatic heterocycles. The molecular formula is C40H61ClO2. The molecule has 3 aromatic rings. The lowest BCUT2D eigenvalue weighted by atomic mass is 10.0. The van der Waals surface area contributed by atoms with Crippen molar-refractivity contribution in [3.63, 3.8) is 0 Å². The number of unbranched alkanes of at least 4 members (excludes halogenated alkanes) is 20. The summed E-state index contributed by atoms with van der Waals surface area (Å²) < 4.78 is 13.1. The highest BCUT2D eigenvalue weighted by Crippen LogP contribution is 2.43. The molecule has 240 valence electrons. The lowest BCUT2D eigenvalue weighted by Gasteiger charge is -2.18. The minimum absolute atomic E-state index is 0.735. The molecular weight excluding hydrogens is 548 g/mol. The third-order valence-electron chi connectivity index (χ3n) is 8.88. The van der Waals surface area contributed by atoms with Crippen molar-refractivity contribution in [1.29, 1.82) is 0 Å². The fourth-order valence-electron chi connectivity index (χ4n) is 6.26. The van der Waals surface area contributed by atoms with Gasteiger partial charge in [0.2, 0.25) is 0 Å². The van der Waals surface area contributed by atoms with Crippen molar-refractivity contribution in [2.75, 3.05) is 13.2 Å². The van der Waals surface area contributed by atoms with Gasteiger partial charge in [0, 0.05) is 26.6 Å². The number of ether oxygens (including phenoxy) is 2. The zero-order valence-corrected chi connectivity index (χ0v) is 28.5. The first-order chi connectivity index (χ1) is 21.3. The van der Waals surface area contributed by atoms with Gasteiger partial charge in [-0.2, -0.15) is 0 Å². The molecule has 0 spiro atoms. The number of fused-ring (bicyclic) bond motifs is 2. The molecule has 0 amide bonds. The SMILES string of the molecule is CCCCCCCCCCCCCOc1c2ccccc2c(OCCCCCCCCCCCCC)c2cc(Cl)ccc12. The highest BCUT2D eigenvalue weighted by atomic mass is 35.5. The minimum Gasteiger partial charge on any atom is -0.492 e. The summed E-state index contributed by atoms with van der Waals surface area (Å²) in [5.74, 6) is 1.92. The van der Waals surface area contributed by atoms with Gasteiger partial charge in [0.15, 0.2) is 0 Å². The number of halogens is 1. The van der Waals surface area contributed by atoms with Gasteiger partial charge in [-0.25, -0.2) is 0 Å². The Morgan fingerprint density at radius 1 is 0.419 bits per heavy atom. The van der Waals surface area contributed by atoms with Crippen LogP contribution < -0.4 is 9.47 Å². The molecule has 0 N–H and O–H groups in total. The van der Waals surface area contributed by atoms with Gasteiger partial charge in [0.05, 0.1) is 13.2 Å². The first kappa shape index (κ1) is 35.5. The van der Waals surface area contributed by atoms with Crippen molar-refractivity contribution < 1.29 is 9.47 Å². The summed E-state index contributed by atoms with van der Waals surface area (Å²) in [6.45, 7) is 6.06. The molecule has 0 radical (unpaired) electrons. The molecule has 0 atom stereocenters. The van der Waals surface area contributed by atoms with Crippen LogP contribution in [-0.4, -0.2) is 13.2 Å². The summed E-state index contributed by atoms with van der Waals surface area (Å²) in [6.07, 6.45) is 29.4. The van der Waals surface area contributed by atoms with Crippen molar-refractivity contribution in [2.45, 2.75) is 155 Å². The van der Waals surface area contributed by atoms with E-state index in [9.17, 15) is 0 Å². The van der Waals surface area contributed by atoms with Crippen LogP contribution in [0.5, 0.6) is 11.5 Å². The molecule has 3 heteroatoms. The Hall–Kier alpha value is -1.93. The van der Waals surface area contributed by atoms with Crippen molar-refractivity contribution in [3.8, 4) is 11.5 Å². The monoisotopic (exact) mass is 608 g/mol. The van der Waals surface area contributed by atoms with E-state index in [0.717, 1.165) is 64.1 Å². The average Bonchev–Trinajstić information content (AvgIpc) is 3.02. The second kappa shape index (κ2) is 22.6. The van der Waals surface area contributed by atoms with Crippen molar-refractivity contribution in [1.82, 2.24) is 0 Å². The molecule has 0 saturated carbocycles. The van der Waals surface area contributed by atoms with E-state index in [1.165, 1.54) is 128 Å². The number of benzene rings is 3. The fourth-order valence-corrected chi connectivity index (χ4v) is 6.44. The lowest BCUT2D eigenvalue weighted by molar-refractivity contribution is 0.306. The maximum absolute atomic E-state index is 6.53. The predicted octanol–water partition coefficient (Wildman–Crippen LogP) is 14.0. The molecule has 0 fully saturated rings. The maximum atomic E-state index is 6.53. The summed E-state index contributed by atoms with van der Waals surface area (Å²) in [7, 11) is 0. The number of hydrogen-bond donors (Lipinski definition) is 0. The van der Waals surface area contributed by atoms with Crippen molar-refractivity contribution in [3.05, 3.63) is 47.5 Å². The van der Waals surface area contributed by atoms with E-state index < -0.39 is 0 Å². The van der Waals surface area contributed by atoms with Gasteiger partial charge in [-0.1, -0.05) is 178 Å². The summed E-state index contributed by atoms with van der Waals surface area (Å²) in [6, 6.07) is 14.7. The third kappa shape index (κ3) is 13.3. The molecule has 0 aromatic heterocycles. The predicted molar refractivity (Wildman–Crippen MR) is 190 cm³/mol. The van der Waals surface area contributed by atoms with Gasteiger partial charge in [-0.15, -0.1) is 0 Å². The average molecular weight is 609 g/mol. The van der Waals surface area contributed by atoms with Crippen molar-refractivity contribution >= 4 is 33.1 Å². The largest absolute Gasteiger partial charge is 0.492 e. The Morgan fingerprint density at radius 2 is 0.767 bits per heavy atom. The summed E-state index contributed by atoms with van der Waals surface area (Å²) in [5.41, 5.74) is 0. The molecule has 0 saturated heterocycles. The van der Waals surface area contributed by atoms with Gasteiger partial charge < -0.3 is 9.47 Å². The highest BCUT2D eigenvalue weighted by Gasteiger charge is 2.16. The van der Waals surface area contributed by atoms with Crippen LogP contribution in [0.3, 0.4) is 0 Å². The highest BCUT2D eigenvalue weighted by molar-refractivity contribution is 6.31. The van der Waals surface area contributed by atoms with Crippen LogP contribution in [-0.2, 0) is 0 Å². The lowest BCUT2D eigenvalue weighted by Crippen LogP contribution is -2.02. The molecule has 0 bridgehead atoms. The van der Waals surface area contributed by atoms with Crippen LogP contribution >= 0.6 is 11.6 Å². The smallest absolute Gasteiger partial charge is 0.135 e. The zero-order valence-electron chi connectivity index (χ0n) is 27.7. The Balaban J connectivity index is 1.47. The number of hydrogen-bond acceptors (Lipinski definition) is 2. The van der Waals surface area contributed by atoms with E-state index >= 15 is 0 Å². The Bertz CT molecular complexity index is 1140. The normalized spacial score (nSPS) is 11.5. The van der Waals surface area contributed by atoms with E-state index in [4.69, 9.17) is 21.1 Å². The molecule has 0 aliphatic rings. The van der Waals surface area contributed by atoms with Gasteiger partial charge >= 0.3 is 0 Å². The van der Waals surface area contributed by atoms with Gasteiger partial charge in [0.25, 0.3) is 0 Å². The standard InChI is InChI=1S/C40H61ClO2/c1-3-5-7-9-11-13-15-17-19-21-25-31-42-39-35-27-23-24-28-36(35)40(38-33-34(41)29-30-37(38)39)43-32-26-22-20-18-16-14-12-10-8-6-4-2/h23-24,27-30,33H,3-22,25-26,31-32H2,1-2H3. The van der Waals surface area contributed by atoms with E-state index in [1.54, 1.807) is 0 Å². The first-order valence-corrected chi connectivity index (χ1v) is 18.5. The Kier molecular flexibility index (Phi) is 18.6. The van der Waals surface area contributed by atoms with Gasteiger partial charge in [-0.3, -0.25) is 0 Å². The second-order valence-electron chi connectivity index (χ2n) is 12.7. The van der Waals surface area contributed by atoms with Crippen LogP contribution in [0.15, 0.2) is 42.5 Å². The zero-order chi connectivity index (χ0) is 30.4. The summed E-state index contributed by atoms with van der Waals surface area (Å²) >= 11 is 6.51. The van der Waals surface area contributed by atoms with Crippen LogP contribution in [0.25, 0.3) is 21.5 Å². The maximum Gasteiger partial charge on any atom is 0.135 e. The molecule has 3 aromatic carbocycles. The van der Waals surface area contributed by atoms with E-state index in [2.05, 4.69) is 44.2 Å². The molecule has 0 unspecified atom stereocenters. The van der Waals surface area contributed by atoms with E-state index in [1.807, 2.05) is 12.1 Å². The fraction of sp³-hybridized carbons (Fsp3) is 0.650. The van der Waals surface area contributed by atoms with Crippen LogP contribution in [0, 0.1) is 0 Å². The van der Waals surface area contributed by atoms with E-state index in [0.29, 0.717) is 0 Å². The van der Waals surface area contributed by atoms with Gasteiger partial charge in [0.1, 0.15) is 11.5 Å². The molecule has 0 heterocycles. The molecule has 43 heavy (non-hydrogen) atoms. The molecule has 2 nitrogen and oxygen atoms in total. The van der Waals surface area contributed by atoms with E-state index in [-0.39, 0.29) is 0 Å². The van der Waals surface area contributed by atoms with Crippen LogP contribution in [0.1, 0.15) is 155 Å². The molecule has 3 rings (SSSR count). The molecule has 0 aliphatic carbocycles. The quantitative estimate of drug-likeness (QED) is 0.0666. The van der Waals surface area contributed by atoms with Crippen molar-refractivity contribution in [2.24, 2.45) is 0 Å². The topological polar surface area (TPSA) is 18.5 Å². The number of rotatable bonds is 26.